The van der Waals surface area contributed by atoms with E-state index in [0.717, 1.165) is 0 Å². The number of amides is 1. The van der Waals surface area contributed by atoms with Crippen LogP contribution in [0.25, 0.3) is 0 Å². The SMILES string of the molecule is Cn1cc(C(NC(=O)c2ccc(O)c(Cl)c2)C(=O)O)cn1. The van der Waals surface area contributed by atoms with Crippen molar-refractivity contribution in [1.29, 1.82) is 0 Å². The number of phenolic OH excluding ortho intramolecular Hbond substituents is 1. The topological polar surface area (TPSA) is 104 Å². The number of benzene rings is 1. The monoisotopic (exact) mass is 309 g/mol. The van der Waals surface area contributed by atoms with Gasteiger partial charge >= 0.3 is 5.97 Å². The summed E-state index contributed by atoms with van der Waals surface area (Å²) < 4.78 is 1.44. The van der Waals surface area contributed by atoms with Gasteiger partial charge in [-0.1, -0.05) is 11.6 Å². The second-order valence-corrected chi connectivity index (χ2v) is 4.77. The molecule has 0 aliphatic rings. The van der Waals surface area contributed by atoms with Crippen LogP contribution >= 0.6 is 11.6 Å². The van der Waals surface area contributed by atoms with Crippen LogP contribution in [0.4, 0.5) is 0 Å². The molecule has 8 heteroatoms. The van der Waals surface area contributed by atoms with E-state index in [0.29, 0.717) is 5.56 Å². The lowest BCUT2D eigenvalue weighted by molar-refractivity contribution is -0.139. The van der Waals surface area contributed by atoms with Crippen molar-refractivity contribution in [3.63, 3.8) is 0 Å². The molecule has 0 bridgehead atoms. The van der Waals surface area contributed by atoms with Crippen LogP contribution in [0.1, 0.15) is 22.0 Å². The first kappa shape index (κ1) is 14.9. The Hall–Kier alpha value is -2.54. The molecule has 0 spiro atoms. The summed E-state index contributed by atoms with van der Waals surface area (Å²) in [6, 6.07) is 2.64. The van der Waals surface area contributed by atoms with Crippen molar-refractivity contribution in [1.82, 2.24) is 15.1 Å². The van der Waals surface area contributed by atoms with Gasteiger partial charge in [0.2, 0.25) is 0 Å². The highest BCUT2D eigenvalue weighted by Crippen LogP contribution is 2.24. The van der Waals surface area contributed by atoms with E-state index in [-0.39, 0.29) is 16.3 Å². The number of nitrogens with one attached hydrogen (secondary N) is 1. The number of aryl methyl sites for hydroxylation is 1. The van der Waals surface area contributed by atoms with Crippen molar-refractivity contribution in [2.24, 2.45) is 7.05 Å². The van der Waals surface area contributed by atoms with Crippen LogP contribution in [0.15, 0.2) is 30.6 Å². The average Bonchev–Trinajstić information content (AvgIpc) is 2.84. The molecule has 0 saturated heterocycles. The molecular formula is C13H12ClN3O4. The molecule has 1 atom stereocenters. The number of hydrogen-bond donors (Lipinski definition) is 3. The third kappa shape index (κ3) is 3.32. The number of nitrogens with zero attached hydrogens (tertiary/aromatic N) is 2. The summed E-state index contributed by atoms with van der Waals surface area (Å²) in [6.45, 7) is 0. The van der Waals surface area contributed by atoms with E-state index in [1.165, 1.54) is 35.3 Å². The molecule has 1 heterocycles. The molecule has 7 nitrogen and oxygen atoms in total. The van der Waals surface area contributed by atoms with Gasteiger partial charge in [0.15, 0.2) is 6.04 Å². The van der Waals surface area contributed by atoms with Crippen LogP contribution in [-0.4, -0.2) is 31.9 Å². The summed E-state index contributed by atoms with van der Waals surface area (Å²) >= 11 is 5.72. The minimum absolute atomic E-state index is 0.0101. The molecule has 2 aromatic rings. The predicted molar refractivity (Wildman–Crippen MR) is 74.2 cm³/mol. The minimum atomic E-state index is -1.22. The zero-order valence-corrected chi connectivity index (χ0v) is 11.7. The van der Waals surface area contributed by atoms with E-state index in [1.54, 1.807) is 7.05 Å². The quantitative estimate of drug-likeness (QED) is 0.790. The molecule has 0 aliphatic heterocycles. The molecule has 0 saturated carbocycles. The highest BCUT2D eigenvalue weighted by Gasteiger charge is 2.24. The maximum absolute atomic E-state index is 12.1. The summed E-state index contributed by atoms with van der Waals surface area (Å²) in [5, 5.41) is 24.8. The fourth-order valence-corrected chi connectivity index (χ4v) is 1.92. The molecule has 1 amide bonds. The lowest BCUT2D eigenvalue weighted by atomic mass is 10.1. The van der Waals surface area contributed by atoms with E-state index >= 15 is 0 Å². The number of aromatic nitrogens is 2. The van der Waals surface area contributed by atoms with Crippen LogP contribution < -0.4 is 5.32 Å². The van der Waals surface area contributed by atoms with Gasteiger partial charge in [0.1, 0.15) is 5.75 Å². The number of carbonyl (C=O) groups excluding carboxylic acids is 1. The number of halogens is 1. The lowest BCUT2D eigenvalue weighted by Crippen LogP contribution is -2.33. The number of carboxylic acid groups (broad SMARTS) is 1. The zero-order chi connectivity index (χ0) is 15.6. The third-order valence-corrected chi connectivity index (χ3v) is 3.09. The molecular weight excluding hydrogens is 298 g/mol. The smallest absolute Gasteiger partial charge is 0.331 e. The summed E-state index contributed by atoms with van der Waals surface area (Å²) in [5.41, 5.74) is 0.496. The summed E-state index contributed by atoms with van der Waals surface area (Å²) in [6.07, 6.45) is 2.87. The molecule has 21 heavy (non-hydrogen) atoms. The molecule has 1 unspecified atom stereocenters. The van der Waals surface area contributed by atoms with Crippen molar-refractivity contribution in [2.45, 2.75) is 6.04 Å². The Morgan fingerprint density at radius 1 is 1.43 bits per heavy atom. The van der Waals surface area contributed by atoms with Crippen molar-refractivity contribution in [3.05, 3.63) is 46.7 Å². The largest absolute Gasteiger partial charge is 0.506 e. The molecule has 3 N–H and O–H groups in total. The number of hydrogen-bond acceptors (Lipinski definition) is 4. The zero-order valence-electron chi connectivity index (χ0n) is 10.9. The Bertz CT molecular complexity index is 698. The number of aromatic hydroxyl groups is 1. The molecule has 0 aliphatic carbocycles. The van der Waals surface area contributed by atoms with Gasteiger partial charge in [-0.15, -0.1) is 0 Å². The minimum Gasteiger partial charge on any atom is -0.506 e. The first-order valence-electron chi connectivity index (χ1n) is 5.89. The van der Waals surface area contributed by atoms with E-state index in [1.807, 2.05) is 0 Å². The molecule has 1 aromatic carbocycles. The molecule has 2 rings (SSSR count). The van der Waals surface area contributed by atoms with Gasteiger partial charge in [0.25, 0.3) is 5.91 Å². The molecule has 110 valence electrons. The first-order valence-corrected chi connectivity index (χ1v) is 6.27. The Kier molecular flexibility index (Phi) is 4.13. The molecule has 1 aromatic heterocycles. The Labute approximate surface area is 124 Å². The Balaban J connectivity index is 2.22. The van der Waals surface area contributed by atoms with Gasteiger partial charge in [0.05, 0.1) is 11.2 Å². The fourth-order valence-electron chi connectivity index (χ4n) is 1.74. The van der Waals surface area contributed by atoms with Gasteiger partial charge in [-0.3, -0.25) is 9.48 Å². The van der Waals surface area contributed by atoms with Gasteiger partial charge in [-0.05, 0) is 18.2 Å². The van der Waals surface area contributed by atoms with Crippen LogP contribution in [0.5, 0.6) is 5.75 Å². The summed E-state index contributed by atoms with van der Waals surface area (Å²) in [5.74, 6) is -1.98. The first-order chi connectivity index (χ1) is 9.88. The predicted octanol–water partition coefficient (Wildman–Crippen LogP) is 1.33. The van der Waals surface area contributed by atoms with Crippen molar-refractivity contribution >= 4 is 23.5 Å². The molecule has 0 fully saturated rings. The maximum Gasteiger partial charge on any atom is 0.331 e. The summed E-state index contributed by atoms with van der Waals surface area (Å²) in [4.78, 5) is 23.3. The van der Waals surface area contributed by atoms with Crippen LogP contribution in [0.3, 0.4) is 0 Å². The maximum atomic E-state index is 12.1. The van der Waals surface area contributed by atoms with Crippen LogP contribution in [0, 0.1) is 0 Å². The number of phenols is 1. The Morgan fingerprint density at radius 3 is 2.67 bits per heavy atom. The standard InChI is InChI=1S/C13H12ClN3O4/c1-17-6-8(5-15-17)11(13(20)21)16-12(19)7-2-3-10(18)9(14)4-7/h2-6,11,18H,1H3,(H,16,19)(H,20,21). The second-order valence-electron chi connectivity index (χ2n) is 4.36. The van der Waals surface area contributed by atoms with Crippen LogP contribution in [0.2, 0.25) is 5.02 Å². The summed E-state index contributed by atoms with van der Waals surface area (Å²) in [7, 11) is 1.64. The van der Waals surface area contributed by atoms with Gasteiger partial charge in [0, 0.05) is 24.4 Å². The second kappa shape index (κ2) is 5.84. The van der Waals surface area contributed by atoms with Crippen LogP contribution in [-0.2, 0) is 11.8 Å². The van der Waals surface area contributed by atoms with Gasteiger partial charge < -0.3 is 15.5 Å². The van der Waals surface area contributed by atoms with E-state index in [4.69, 9.17) is 11.6 Å². The van der Waals surface area contributed by atoms with Gasteiger partial charge in [-0.2, -0.15) is 5.10 Å². The van der Waals surface area contributed by atoms with Crippen molar-refractivity contribution in [3.8, 4) is 5.75 Å². The highest BCUT2D eigenvalue weighted by atomic mass is 35.5. The normalized spacial score (nSPS) is 11.9. The number of carbonyl (C=O) groups is 2. The van der Waals surface area contributed by atoms with Crippen molar-refractivity contribution in [2.75, 3.05) is 0 Å². The molecule has 0 radical (unpaired) electrons. The Morgan fingerprint density at radius 2 is 2.14 bits per heavy atom. The highest BCUT2D eigenvalue weighted by molar-refractivity contribution is 6.32. The number of carboxylic acids is 1. The lowest BCUT2D eigenvalue weighted by Gasteiger charge is -2.13. The van der Waals surface area contributed by atoms with Crippen molar-refractivity contribution < 1.29 is 19.8 Å². The fraction of sp³-hybridized carbons (Fsp3) is 0.154. The van der Waals surface area contributed by atoms with E-state index < -0.39 is 17.9 Å². The third-order valence-electron chi connectivity index (χ3n) is 2.79. The number of aliphatic carboxylic acids is 1. The average molecular weight is 310 g/mol. The van der Waals surface area contributed by atoms with Gasteiger partial charge in [-0.25, -0.2) is 4.79 Å². The van der Waals surface area contributed by atoms with E-state index in [9.17, 15) is 19.8 Å². The number of rotatable bonds is 4. The van der Waals surface area contributed by atoms with E-state index in [2.05, 4.69) is 10.4 Å².